The molecule has 2 fully saturated rings. The summed E-state index contributed by atoms with van der Waals surface area (Å²) in [5.74, 6) is -1.94. The Bertz CT molecular complexity index is 875. The summed E-state index contributed by atoms with van der Waals surface area (Å²) >= 11 is 0. The van der Waals surface area contributed by atoms with Gasteiger partial charge >= 0.3 is 0 Å². The Labute approximate surface area is 157 Å². The minimum Gasteiger partial charge on any atom is -0.344 e. The van der Waals surface area contributed by atoms with Crippen LogP contribution < -0.4 is 0 Å². The molecule has 4 rings (SSSR count). The summed E-state index contributed by atoms with van der Waals surface area (Å²) in [6.07, 6.45) is 0.343. The standard InChI is InChI=1S/C18H21NO7S/c1-18(2)25-14-10(9-24-27(3,22)23)8-13(15(14)26-18)19-16(20)11-6-4-5-7-12(11)17(19)21/h4-7,10,13-15H,8-9H2,1-3H3/t10-,13-,14-,15+/m1/s1. The number of ether oxygens (including phenoxy) is 2. The lowest BCUT2D eigenvalue weighted by Gasteiger charge is -2.28. The number of imide groups is 1. The highest BCUT2D eigenvalue weighted by atomic mass is 32.2. The largest absolute Gasteiger partial charge is 0.344 e. The zero-order valence-corrected chi connectivity index (χ0v) is 16.1. The molecule has 2 aliphatic heterocycles. The van der Waals surface area contributed by atoms with Crippen LogP contribution in [0, 0.1) is 5.92 Å². The summed E-state index contributed by atoms with van der Waals surface area (Å²) in [6, 6.07) is 6.14. The highest BCUT2D eigenvalue weighted by Gasteiger charge is 2.58. The van der Waals surface area contributed by atoms with Gasteiger partial charge in [0.25, 0.3) is 21.9 Å². The second-order valence-corrected chi connectivity index (χ2v) is 9.29. The van der Waals surface area contributed by atoms with E-state index in [9.17, 15) is 18.0 Å². The molecule has 8 nitrogen and oxygen atoms in total. The first kappa shape index (κ1) is 18.5. The molecule has 1 saturated carbocycles. The lowest BCUT2D eigenvalue weighted by Crippen LogP contribution is -2.46. The summed E-state index contributed by atoms with van der Waals surface area (Å²) in [5, 5.41) is 0. The molecular formula is C18H21NO7S. The summed E-state index contributed by atoms with van der Waals surface area (Å²) < 4.78 is 39.7. The molecule has 0 radical (unpaired) electrons. The molecule has 0 bridgehead atoms. The molecule has 9 heteroatoms. The fraction of sp³-hybridized carbons (Fsp3) is 0.556. The molecule has 2 amide bonds. The Morgan fingerprint density at radius 1 is 1.11 bits per heavy atom. The second kappa shape index (κ2) is 6.10. The van der Waals surface area contributed by atoms with Crippen molar-refractivity contribution in [1.82, 2.24) is 4.90 Å². The van der Waals surface area contributed by atoms with Gasteiger partial charge in [-0.1, -0.05) is 12.1 Å². The zero-order valence-electron chi connectivity index (χ0n) is 15.2. The number of carbonyl (C=O) groups excluding carboxylic acids is 2. The van der Waals surface area contributed by atoms with Crippen molar-refractivity contribution in [2.75, 3.05) is 12.9 Å². The highest BCUT2D eigenvalue weighted by molar-refractivity contribution is 7.85. The van der Waals surface area contributed by atoms with Gasteiger partial charge in [-0.3, -0.25) is 18.7 Å². The van der Waals surface area contributed by atoms with E-state index in [-0.39, 0.29) is 24.3 Å². The molecule has 1 aliphatic carbocycles. The minimum absolute atomic E-state index is 0.0842. The Balaban J connectivity index is 1.63. The maximum absolute atomic E-state index is 12.8. The summed E-state index contributed by atoms with van der Waals surface area (Å²) in [5.41, 5.74) is 0.737. The van der Waals surface area contributed by atoms with E-state index in [1.807, 2.05) is 0 Å². The molecule has 2 heterocycles. The van der Waals surface area contributed by atoms with Gasteiger partial charge in [0.2, 0.25) is 0 Å². The first-order chi connectivity index (χ1) is 12.6. The van der Waals surface area contributed by atoms with Gasteiger partial charge in [-0.05, 0) is 32.4 Å². The van der Waals surface area contributed by atoms with Crippen molar-refractivity contribution < 1.29 is 31.7 Å². The Hall–Kier alpha value is -1.81. The van der Waals surface area contributed by atoms with Gasteiger partial charge in [-0.2, -0.15) is 8.42 Å². The van der Waals surface area contributed by atoms with Gasteiger partial charge in [0.15, 0.2) is 5.79 Å². The molecule has 4 atom stereocenters. The number of nitrogens with zero attached hydrogens (tertiary/aromatic N) is 1. The predicted octanol–water partition coefficient (Wildman–Crippen LogP) is 1.17. The number of hydrogen-bond acceptors (Lipinski definition) is 7. The smallest absolute Gasteiger partial charge is 0.264 e. The quantitative estimate of drug-likeness (QED) is 0.557. The van der Waals surface area contributed by atoms with E-state index >= 15 is 0 Å². The van der Waals surface area contributed by atoms with E-state index in [1.54, 1.807) is 38.1 Å². The van der Waals surface area contributed by atoms with E-state index < -0.39 is 34.2 Å². The number of fused-ring (bicyclic) bond motifs is 2. The van der Waals surface area contributed by atoms with Gasteiger partial charge in [0.05, 0.1) is 36.1 Å². The third-order valence-corrected chi connectivity index (χ3v) is 5.77. The van der Waals surface area contributed by atoms with Gasteiger partial charge < -0.3 is 9.47 Å². The molecule has 146 valence electrons. The van der Waals surface area contributed by atoms with Crippen molar-refractivity contribution in [3.05, 3.63) is 35.4 Å². The van der Waals surface area contributed by atoms with Crippen molar-refractivity contribution in [1.29, 1.82) is 0 Å². The SMILES string of the molecule is CC1(C)O[C@@H]2[C@@H](COS(C)(=O)=O)C[C@@H](N3C(=O)c4ccccc4C3=O)[C@@H]2O1. The van der Waals surface area contributed by atoms with Crippen molar-refractivity contribution in [3.8, 4) is 0 Å². The van der Waals surface area contributed by atoms with Gasteiger partial charge in [-0.15, -0.1) is 0 Å². The third kappa shape index (κ3) is 3.18. The molecule has 0 spiro atoms. The van der Waals surface area contributed by atoms with Crippen LogP contribution in [0.4, 0.5) is 0 Å². The molecular weight excluding hydrogens is 374 g/mol. The van der Waals surface area contributed by atoms with Crippen LogP contribution in [0.1, 0.15) is 41.0 Å². The third-order valence-electron chi connectivity index (χ3n) is 5.21. The van der Waals surface area contributed by atoms with E-state index in [2.05, 4.69) is 0 Å². The molecule has 3 aliphatic rings. The van der Waals surface area contributed by atoms with E-state index in [4.69, 9.17) is 13.7 Å². The molecule has 0 aromatic heterocycles. The Morgan fingerprint density at radius 2 is 1.67 bits per heavy atom. The van der Waals surface area contributed by atoms with Gasteiger partial charge in [0.1, 0.15) is 6.10 Å². The number of amides is 2. The number of carbonyl (C=O) groups is 2. The van der Waals surface area contributed by atoms with Crippen LogP contribution in [0.25, 0.3) is 0 Å². The van der Waals surface area contributed by atoms with Crippen molar-refractivity contribution in [2.24, 2.45) is 5.92 Å². The lowest BCUT2D eigenvalue weighted by atomic mass is 10.1. The predicted molar refractivity (Wildman–Crippen MR) is 93.5 cm³/mol. The number of benzene rings is 1. The van der Waals surface area contributed by atoms with Gasteiger partial charge in [0, 0.05) is 5.92 Å². The molecule has 27 heavy (non-hydrogen) atoms. The van der Waals surface area contributed by atoms with Crippen molar-refractivity contribution in [3.63, 3.8) is 0 Å². The van der Waals surface area contributed by atoms with E-state index in [1.165, 1.54) is 4.90 Å². The first-order valence-corrected chi connectivity index (χ1v) is 10.6. The summed E-state index contributed by atoms with van der Waals surface area (Å²) in [6.45, 7) is 3.41. The van der Waals surface area contributed by atoms with Crippen LogP contribution in [-0.2, 0) is 23.8 Å². The monoisotopic (exact) mass is 395 g/mol. The Kier molecular flexibility index (Phi) is 4.19. The Morgan fingerprint density at radius 3 is 2.22 bits per heavy atom. The molecule has 0 N–H and O–H groups in total. The topological polar surface area (TPSA) is 99.2 Å². The molecule has 0 unspecified atom stereocenters. The van der Waals surface area contributed by atoms with Gasteiger partial charge in [-0.25, -0.2) is 0 Å². The fourth-order valence-electron chi connectivity index (χ4n) is 4.19. The van der Waals surface area contributed by atoms with Crippen LogP contribution in [0.5, 0.6) is 0 Å². The van der Waals surface area contributed by atoms with Crippen LogP contribution in [0.3, 0.4) is 0 Å². The number of rotatable bonds is 4. The fourth-order valence-corrected chi connectivity index (χ4v) is 4.62. The highest BCUT2D eigenvalue weighted by Crippen LogP contribution is 2.45. The van der Waals surface area contributed by atoms with E-state index in [0.717, 1.165) is 6.26 Å². The average Bonchev–Trinajstić information content (AvgIpc) is 3.14. The van der Waals surface area contributed by atoms with Crippen LogP contribution in [0.15, 0.2) is 24.3 Å². The lowest BCUT2D eigenvalue weighted by molar-refractivity contribution is -0.161. The van der Waals surface area contributed by atoms with Crippen molar-refractivity contribution >= 4 is 21.9 Å². The molecule has 1 saturated heterocycles. The first-order valence-electron chi connectivity index (χ1n) is 8.74. The zero-order chi connectivity index (χ0) is 19.6. The van der Waals surface area contributed by atoms with Crippen LogP contribution >= 0.6 is 0 Å². The molecule has 1 aromatic carbocycles. The average molecular weight is 395 g/mol. The van der Waals surface area contributed by atoms with Crippen LogP contribution in [-0.4, -0.2) is 62.0 Å². The number of hydrogen-bond donors (Lipinski definition) is 0. The summed E-state index contributed by atoms with van der Waals surface area (Å²) in [4.78, 5) is 26.9. The van der Waals surface area contributed by atoms with Crippen molar-refractivity contribution in [2.45, 2.75) is 44.3 Å². The minimum atomic E-state index is -3.61. The molecule has 1 aromatic rings. The maximum atomic E-state index is 12.8. The summed E-state index contributed by atoms with van der Waals surface area (Å²) in [7, 11) is -3.61. The second-order valence-electron chi connectivity index (χ2n) is 7.64. The van der Waals surface area contributed by atoms with Crippen LogP contribution in [0.2, 0.25) is 0 Å². The normalized spacial score (nSPS) is 32.0. The maximum Gasteiger partial charge on any atom is 0.264 e. The van der Waals surface area contributed by atoms with E-state index in [0.29, 0.717) is 17.5 Å².